The van der Waals surface area contributed by atoms with Crippen LogP contribution in [0, 0.1) is 11.8 Å². The van der Waals surface area contributed by atoms with Gasteiger partial charge < -0.3 is 0 Å². The molecule has 0 amide bonds. The Kier molecular flexibility index (Phi) is 8.70. The number of Topliss-reactive ketones (excluding diaryl/α,β-unsaturated/α-hetero) is 1. The van der Waals surface area contributed by atoms with Crippen LogP contribution in [0.2, 0.25) is 0 Å². The molecule has 1 nitrogen and oxygen atoms in total. The largest absolute Gasteiger partial charge is 0.295 e. The average molecular weight is 347 g/mol. The predicted molar refractivity (Wildman–Crippen MR) is 111 cm³/mol. The molecule has 2 rings (SSSR count). The second-order valence-corrected chi connectivity index (χ2v) is 6.99. The maximum atomic E-state index is 11.7. The van der Waals surface area contributed by atoms with E-state index >= 15 is 0 Å². The summed E-state index contributed by atoms with van der Waals surface area (Å²) in [6.07, 6.45) is 14.5. The van der Waals surface area contributed by atoms with Gasteiger partial charge in [-0.15, -0.1) is 0 Å². The third-order valence-electron chi connectivity index (χ3n) is 4.78. The van der Waals surface area contributed by atoms with Crippen molar-refractivity contribution in [3.05, 3.63) is 70.8 Å². The summed E-state index contributed by atoms with van der Waals surface area (Å²) in [7, 11) is 0. The minimum absolute atomic E-state index is 0.366. The molecule has 1 aromatic carbocycles. The number of ketones is 1. The van der Waals surface area contributed by atoms with Crippen LogP contribution in [0.25, 0.3) is 0 Å². The molecule has 1 aliphatic carbocycles. The molecule has 0 saturated heterocycles. The molecule has 0 spiro atoms. The summed E-state index contributed by atoms with van der Waals surface area (Å²) in [6, 6.07) is 10.1. The van der Waals surface area contributed by atoms with E-state index in [0.29, 0.717) is 5.78 Å². The number of carbonyl (C=O) groups excluding carboxylic acids is 1. The first-order valence-corrected chi connectivity index (χ1v) is 9.73. The fraction of sp³-hybridized carbons (Fsp3) is 0.400. The molecule has 0 unspecified atom stereocenters. The fourth-order valence-electron chi connectivity index (χ4n) is 3.15. The van der Waals surface area contributed by atoms with Gasteiger partial charge in [0, 0.05) is 18.4 Å². The van der Waals surface area contributed by atoms with Crippen molar-refractivity contribution in [1.82, 2.24) is 0 Å². The lowest BCUT2D eigenvalue weighted by atomic mass is 10.1. The second-order valence-electron chi connectivity index (χ2n) is 6.99. The number of unbranched alkanes of at least 4 members (excludes halogenated alkanes) is 1. The lowest BCUT2D eigenvalue weighted by molar-refractivity contribution is -0.115. The zero-order valence-electron chi connectivity index (χ0n) is 16.2. The Morgan fingerprint density at radius 2 is 1.85 bits per heavy atom. The smallest absolute Gasteiger partial charge is 0.159 e. The normalized spacial score (nSPS) is 14.8. The van der Waals surface area contributed by atoms with Gasteiger partial charge in [-0.2, -0.15) is 0 Å². The Morgan fingerprint density at radius 1 is 1.08 bits per heavy atom. The number of rotatable bonds is 8. The number of hydrogen-bond acceptors (Lipinski definition) is 1. The number of hydrogen-bond donors (Lipinski definition) is 0. The van der Waals surface area contributed by atoms with Crippen molar-refractivity contribution in [3.63, 3.8) is 0 Å². The first-order valence-electron chi connectivity index (χ1n) is 9.73. The van der Waals surface area contributed by atoms with Crippen LogP contribution in [0.3, 0.4) is 0 Å². The minimum Gasteiger partial charge on any atom is -0.295 e. The lowest BCUT2D eigenvalue weighted by Crippen LogP contribution is -1.95. The maximum Gasteiger partial charge on any atom is 0.159 e. The van der Waals surface area contributed by atoms with E-state index < -0.39 is 0 Å². The summed E-state index contributed by atoms with van der Waals surface area (Å²) in [5.74, 6) is 6.80. The van der Waals surface area contributed by atoms with Gasteiger partial charge in [0.15, 0.2) is 5.78 Å². The van der Waals surface area contributed by atoms with Crippen LogP contribution >= 0.6 is 0 Å². The molecule has 1 aromatic rings. The van der Waals surface area contributed by atoms with Gasteiger partial charge >= 0.3 is 0 Å². The molecule has 0 saturated carbocycles. The number of allylic oxidation sites excluding steroid dienone is 6. The van der Waals surface area contributed by atoms with Crippen molar-refractivity contribution in [2.24, 2.45) is 0 Å². The van der Waals surface area contributed by atoms with Crippen molar-refractivity contribution in [1.29, 1.82) is 0 Å². The van der Waals surface area contributed by atoms with E-state index in [1.54, 1.807) is 0 Å². The highest BCUT2D eigenvalue weighted by atomic mass is 16.1. The monoisotopic (exact) mass is 346 g/mol. The van der Waals surface area contributed by atoms with Gasteiger partial charge in [0.05, 0.1) is 0 Å². The molecule has 0 aliphatic heterocycles. The van der Waals surface area contributed by atoms with Crippen LogP contribution < -0.4 is 0 Å². The molecule has 0 atom stereocenters. The van der Waals surface area contributed by atoms with Crippen LogP contribution in [-0.4, -0.2) is 5.78 Å². The van der Waals surface area contributed by atoms with E-state index in [2.05, 4.69) is 43.9 Å². The molecule has 0 fully saturated rings. The van der Waals surface area contributed by atoms with Crippen LogP contribution in [0.5, 0.6) is 0 Å². The molecule has 0 N–H and O–H groups in total. The fourth-order valence-corrected chi connectivity index (χ4v) is 3.15. The predicted octanol–water partition coefficient (Wildman–Crippen LogP) is 6.56. The van der Waals surface area contributed by atoms with Crippen molar-refractivity contribution in [2.45, 2.75) is 65.2 Å². The van der Waals surface area contributed by atoms with Gasteiger partial charge in [0.1, 0.15) is 0 Å². The Bertz CT molecular complexity index is 735. The maximum absolute atomic E-state index is 11.7. The Labute approximate surface area is 158 Å². The first kappa shape index (κ1) is 20.0. The molecule has 0 aromatic heterocycles. The molecule has 1 aliphatic rings. The highest BCUT2D eigenvalue weighted by molar-refractivity contribution is 5.98. The summed E-state index contributed by atoms with van der Waals surface area (Å²) in [5.41, 5.74) is 4.91. The van der Waals surface area contributed by atoms with Crippen LogP contribution in [-0.2, 0) is 4.79 Å². The van der Waals surface area contributed by atoms with E-state index in [-0.39, 0.29) is 0 Å². The summed E-state index contributed by atoms with van der Waals surface area (Å²) in [5, 5.41) is 0. The van der Waals surface area contributed by atoms with Crippen LogP contribution in [0.4, 0.5) is 0 Å². The van der Waals surface area contributed by atoms with E-state index in [4.69, 9.17) is 0 Å². The zero-order chi connectivity index (χ0) is 18.6. The van der Waals surface area contributed by atoms with E-state index in [9.17, 15) is 4.79 Å². The lowest BCUT2D eigenvalue weighted by Gasteiger charge is -2.00. The highest BCUT2D eigenvalue weighted by Crippen LogP contribution is 2.25. The first-order chi connectivity index (χ1) is 12.7. The second kappa shape index (κ2) is 11.3. The SMILES string of the molecule is CC1=C(CC/C=C/CC/C(C)=C/CCC#Cc2ccccc2)C(=O)CC1. The van der Waals surface area contributed by atoms with Crippen molar-refractivity contribution in [3.8, 4) is 11.8 Å². The minimum atomic E-state index is 0.366. The Hall–Kier alpha value is -2.33. The van der Waals surface area contributed by atoms with Gasteiger partial charge in [-0.25, -0.2) is 0 Å². The third-order valence-corrected chi connectivity index (χ3v) is 4.78. The van der Waals surface area contributed by atoms with Crippen molar-refractivity contribution >= 4 is 5.78 Å². The number of carbonyl (C=O) groups is 1. The molecular formula is C25H30O. The summed E-state index contributed by atoms with van der Waals surface area (Å²) in [4.78, 5) is 11.7. The van der Waals surface area contributed by atoms with E-state index in [1.807, 2.05) is 30.3 Å². The van der Waals surface area contributed by atoms with Crippen molar-refractivity contribution in [2.75, 3.05) is 0 Å². The van der Waals surface area contributed by atoms with E-state index in [0.717, 1.165) is 62.5 Å². The molecule has 0 bridgehead atoms. The van der Waals surface area contributed by atoms with Crippen molar-refractivity contribution < 1.29 is 4.79 Å². The van der Waals surface area contributed by atoms with Gasteiger partial charge in [-0.1, -0.05) is 59.4 Å². The topological polar surface area (TPSA) is 17.1 Å². The molecule has 0 heterocycles. The highest BCUT2D eigenvalue weighted by Gasteiger charge is 2.18. The van der Waals surface area contributed by atoms with Gasteiger partial charge in [0.25, 0.3) is 0 Å². The summed E-state index contributed by atoms with van der Waals surface area (Å²) < 4.78 is 0. The van der Waals surface area contributed by atoms with Crippen LogP contribution in [0.15, 0.2) is 65.3 Å². The van der Waals surface area contributed by atoms with Gasteiger partial charge in [-0.3, -0.25) is 4.79 Å². The standard InChI is InChI=1S/C25H30O/c1-21(14-8-5-9-15-23-16-10-6-11-17-23)13-7-3-4-12-18-24-22(2)19-20-25(24)26/h3-4,6,10-11,14,16-17H,5,7-8,12-13,18-20H2,1-2H3/b4-3+,21-14+. The number of benzene rings is 1. The zero-order valence-corrected chi connectivity index (χ0v) is 16.2. The Balaban J connectivity index is 1.59. The quantitative estimate of drug-likeness (QED) is 0.296. The molecule has 26 heavy (non-hydrogen) atoms. The molecule has 0 radical (unpaired) electrons. The van der Waals surface area contributed by atoms with Crippen LogP contribution in [0.1, 0.15) is 70.8 Å². The van der Waals surface area contributed by atoms with E-state index in [1.165, 1.54) is 11.1 Å². The summed E-state index contributed by atoms with van der Waals surface area (Å²) in [6.45, 7) is 4.30. The molecule has 136 valence electrons. The Morgan fingerprint density at radius 3 is 2.58 bits per heavy atom. The third kappa shape index (κ3) is 7.28. The average Bonchev–Trinajstić information content (AvgIpc) is 2.97. The molecule has 1 heteroatoms. The summed E-state index contributed by atoms with van der Waals surface area (Å²) >= 11 is 0. The molecular weight excluding hydrogens is 316 g/mol. The van der Waals surface area contributed by atoms with Gasteiger partial charge in [0.2, 0.25) is 0 Å². The van der Waals surface area contributed by atoms with Gasteiger partial charge in [-0.05, 0) is 70.1 Å².